The number of aromatic nitrogens is 2. The Labute approximate surface area is 119 Å². The molecule has 0 aliphatic heterocycles. The highest BCUT2D eigenvalue weighted by atomic mass is 79.9. The molecule has 0 unspecified atom stereocenters. The number of aryl methyl sites for hydroxylation is 1. The van der Waals surface area contributed by atoms with Gasteiger partial charge in [-0.1, -0.05) is 34.1 Å². The molecule has 3 rings (SSSR count). The molecule has 0 fully saturated rings. The quantitative estimate of drug-likeness (QED) is 0.785. The topological polar surface area (TPSA) is 37.5 Å². The van der Waals surface area contributed by atoms with Crippen molar-refractivity contribution in [2.75, 3.05) is 0 Å². The molecule has 0 amide bonds. The number of hydrogen-bond donors (Lipinski definition) is 1. The summed E-state index contributed by atoms with van der Waals surface area (Å²) >= 11 is 3.42. The number of halogens is 1. The van der Waals surface area contributed by atoms with Crippen molar-refractivity contribution in [1.82, 2.24) is 9.38 Å². The van der Waals surface area contributed by atoms with Crippen molar-refractivity contribution in [3.05, 3.63) is 58.3 Å². The van der Waals surface area contributed by atoms with E-state index >= 15 is 0 Å². The van der Waals surface area contributed by atoms with E-state index in [4.69, 9.17) is 0 Å². The fraction of sp³-hybridized carbons (Fsp3) is 0.133. The van der Waals surface area contributed by atoms with E-state index in [2.05, 4.69) is 20.9 Å². The second-order valence-electron chi connectivity index (χ2n) is 4.51. The minimum absolute atomic E-state index is 0.0317. The van der Waals surface area contributed by atoms with Gasteiger partial charge in [-0.05, 0) is 30.7 Å². The average Bonchev–Trinajstić information content (AvgIpc) is 2.77. The van der Waals surface area contributed by atoms with Gasteiger partial charge in [0.05, 0.1) is 18.0 Å². The number of aliphatic hydroxyl groups excluding tert-OH is 1. The predicted octanol–water partition coefficient (Wildman–Crippen LogP) is 3.56. The Morgan fingerprint density at radius 2 is 1.89 bits per heavy atom. The number of fused-ring (bicyclic) bond motifs is 1. The highest BCUT2D eigenvalue weighted by molar-refractivity contribution is 9.10. The summed E-state index contributed by atoms with van der Waals surface area (Å²) in [6.45, 7) is 2.00. The van der Waals surface area contributed by atoms with Gasteiger partial charge in [0, 0.05) is 16.2 Å². The average molecular weight is 317 g/mol. The molecular weight excluding hydrogens is 304 g/mol. The lowest BCUT2D eigenvalue weighted by molar-refractivity contribution is 0.276. The van der Waals surface area contributed by atoms with Crippen molar-refractivity contribution in [3.63, 3.8) is 0 Å². The minimum atomic E-state index is -0.0317. The maximum absolute atomic E-state index is 9.64. The van der Waals surface area contributed by atoms with Crippen LogP contribution in [0, 0.1) is 6.92 Å². The van der Waals surface area contributed by atoms with Gasteiger partial charge < -0.3 is 9.51 Å². The molecule has 1 aromatic carbocycles. The van der Waals surface area contributed by atoms with E-state index in [1.54, 1.807) is 0 Å². The van der Waals surface area contributed by atoms with Gasteiger partial charge in [-0.2, -0.15) is 0 Å². The van der Waals surface area contributed by atoms with Crippen molar-refractivity contribution < 1.29 is 5.11 Å². The van der Waals surface area contributed by atoms with Gasteiger partial charge in [-0.25, -0.2) is 4.98 Å². The lowest BCUT2D eigenvalue weighted by atomic mass is 10.1. The van der Waals surface area contributed by atoms with Gasteiger partial charge in [0.1, 0.15) is 5.65 Å². The van der Waals surface area contributed by atoms with Crippen LogP contribution in [0.1, 0.15) is 11.3 Å². The second kappa shape index (κ2) is 4.79. The first-order valence-corrected chi connectivity index (χ1v) is 6.83. The van der Waals surface area contributed by atoms with Gasteiger partial charge in [0.2, 0.25) is 0 Å². The largest absolute Gasteiger partial charge is 0.390 e. The molecule has 0 radical (unpaired) electrons. The Kier molecular flexibility index (Phi) is 3.12. The molecule has 2 aromatic heterocycles. The molecular formula is C15H13BrN2O. The summed E-state index contributed by atoms with van der Waals surface area (Å²) < 4.78 is 2.98. The van der Waals surface area contributed by atoms with E-state index in [9.17, 15) is 5.11 Å². The van der Waals surface area contributed by atoms with Crippen LogP contribution in [0.2, 0.25) is 0 Å². The van der Waals surface area contributed by atoms with E-state index in [0.29, 0.717) is 0 Å². The zero-order valence-corrected chi connectivity index (χ0v) is 12.1. The van der Waals surface area contributed by atoms with Crippen LogP contribution in [0.3, 0.4) is 0 Å². The molecule has 3 aromatic rings. The Hall–Kier alpha value is -1.65. The lowest BCUT2D eigenvalue weighted by Crippen LogP contribution is -1.94. The number of nitrogens with zero attached hydrogens (tertiary/aromatic N) is 2. The summed E-state index contributed by atoms with van der Waals surface area (Å²) in [6.07, 6.45) is 2.00. The van der Waals surface area contributed by atoms with Crippen molar-refractivity contribution in [1.29, 1.82) is 0 Å². The molecule has 2 heterocycles. The van der Waals surface area contributed by atoms with Crippen LogP contribution in [0.5, 0.6) is 0 Å². The van der Waals surface area contributed by atoms with Crippen LogP contribution in [0.15, 0.2) is 47.1 Å². The zero-order valence-electron chi connectivity index (χ0n) is 10.5. The molecule has 19 heavy (non-hydrogen) atoms. The Bertz CT molecular complexity index is 732. The highest BCUT2D eigenvalue weighted by Crippen LogP contribution is 2.26. The number of benzene rings is 1. The van der Waals surface area contributed by atoms with Crippen molar-refractivity contribution in [2.24, 2.45) is 0 Å². The highest BCUT2D eigenvalue weighted by Gasteiger charge is 2.13. The fourth-order valence-electron chi connectivity index (χ4n) is 2.19. The van der Waals surface area contributed by atoms with E-state index in [1.807, 2.05) is 53.9 Å². The third-order valence-corrected chi connectivity index (χ3v) is 3.66. The maximum atomic E-state index is 9.64. The third kappa shape index (κ3) is 2.17. The van der Waals surface area contributed by atoms with Crippen molar-refractivity contribution >= 4 is 21.6 Å². The van der Waals surface area contributed by atoms with Crippen LogP contribution in [-0.4, -0.2) is 14.5 Å². The predicted molar refractivity (Wildman–Crippen MR) is 79.0 cm³/mol. The second-order valence-corrected chi connectivity index (χ2v) is 5.42. The lowest BCUT2D eigenvalue weighted by Gasteiger charge is -2.02. The molecule has 4 heteroatoms. The summed E-state index contributed by atoms with van der Waals surface area (Å²) in [5.41, 5.74) is 4.66. The Morgan fingerprint density at radius 3 is 2.58 bits per heavy atom. The van der Waals surface area contributed by atoms with E-state index in [0.717, 1.165) is 32.6 Å². The molecule has 0 bridgehead atoms. The zero-order chi connectivity index (χ0) is 13.4. The Morgan fingerprint density at radius 1 is 1.16 bits per heavy atom. The molecule has 0 aliphatic rings. The van der Waals surface area contributed by atoms with Crippen LogP contribution >= 0.6 is 15.9 Å². The maximum Gasteiger partial charge on any atom is 0.137 e. The molecule has 3 nitrogen and oxygen atoms in total. The molecule has 1 N–H and O–H groups in total. The summed E-state index contributed by atoms with van der Waals surface area (Å²) in [4.78, 5) is 4.61. The standard InChI is InChI=1S/C15H13BrN2O/c1-10-2-7-14-17-15(13(9-19)18(14)8-10)11-3-5-12(16)6-4-11/h2-8,19H,9H2,1H3. The summed E-state index contributed by atoms with van der Waals surface area (Å²) in [6, 6.07) is 11.9. The molecule has 96 valence electrons. The monoisotopic (exact) mass is 316 g/mol. The first kappa shape index (κ1) is 12.4. The van der Waals surface area contributed by atoms with Crippen LogP contribution in [-0.2, 0) is 6.61 Å². The normalized spacial score (nSPS) is 11.1. The number of aliphatic hydroxyl groups is 1. The van der Waals surface area contributed by atoms with Crippen LogP contribution < -0.4 is 0 Å². The van der Waals surface area contributed by atoms with Gasteiger partial charge in [-0.15, -0.1) is 0 Å². The van der Waals surface area contributed by atoms with Gasteiger partial charge in [0.15, 0.2) is 0 Å². The smallest absolute Gasteiger partial charge is 0.137 e. The molecule has 0 saturated carbocycles. The van der Waals surface area contributed by atoms with Crippen molar-refractivity contribution in [2.45, 2.75) is 13.5 Å². The van der Waals surface area contributed by atoms with Crippen LogP contribution in [0.25, 0.3) is 16.9 Å². The number of rotatable bonds is 2. The summed E-state index contributed by atoms with van der Waals surface area (Å²) in [7, 11) is 0. The van der Waals surface area contributed by atoms with Crippen LogP contribution in [0.4, 0.5) is 0 Å². The summed E-state index contributed by atoms with van der Waals surface area (Å²) in [5, 5.41) is 9.64. The Balaban J connectivity index is 2.25. The van der Waals surface area contributed by atoms with Gasteiger partial charge in [-0.3, -0.25) is 0 Å². The van der Waals surface area contributed by atoms with E-state index < -0.39 is 0 Å². The molecule has 0 aliphatic carbocycles. The van der Waals surface area contributed by atoms with E-state index in [1.165, 1.54) is 0 Å². The first-order valence-electron chi connectivity index (χ1n) is 6.03. The first-order chi connectivity index (χ1) is 9.19. The molecule has 0 saturated heterocycles. The number of hydrogen-bond acceptors (Lipinski definition) is 2. The fourth-order valence-corrected chi connectivity index (χ4v) is 2.45. The number of imidazole rings is 1. The SMILES string of the molecule is Cc1ccc2nc(-c3ccc(Br)cc3)c(CO)n2c1. The number of pyridine rings is 1. The van der Waals surface area contributed by atoms with Gasteiger partial charge in [0.25, 0.3) is 0 Å². The third-order valence-electron chi connectivity index (χ3n) is 3.13. The minimum Gasteiger partial charge on any atom is -0.390 e. The molecule has 0 atom stereocenters. The molecule has 0 spiro atoms. The van der Waals surface area contributed by atoms with E-state index in [-0.39, 0.29) is 6.61 Å². The summed E-state index contributed by atoms with van der Waals surface area (Å²) in [5.74, 6) is 0. The van der Waals surface area contributed by atoms with Gasteiger partial charge >= 0.3 is 0 Å². The van der Waals surface area contributed by atoms with Crippen molar-refractivity contribution in [3.8, 4) is 11.3 Å².